The molecule has 5 nitrogen and oxygen atoms in total. The van der Waals surface area contributed by atoms with Gasteiger partial charge in [0.15, 0.2) is 18.1 Å². The first-order chi connectivity index (χ1) is 9.06. The normalized spacial score (nSPS) is 10.4. The number of aliphatic hydroxyl groups excluding tert-OH is 1. The maximum absolute atomic E-state index is 11.5. The van der Waals surface area contributed by atoms with Gasteiger partial charge in [-0.25, -0.2) is 0 Å². The van der Waals surface area contributed by atoms with E-state index >= 15 is 0 Å². The van der Waals surface area contributed by atoms with Gasteiger partial charge < -0.3 is 19.9 Å². The zero-order chi connectivity index (χ0) is 14.3. The summed E-state index contributed by atoms with van der Waals surface area (Å²) < 4.78 is 10.6. The molecular weight excluding hydrogens is 246 g/mol. The van der Waals surface area contributed by atoms with Gasteiger partial charge in [-0.1, -0.05) is 19.9 Å². The number of benzene rings is 1. The molecule has 0 aromatic heterocycles. The van der Waals surface area contributed by atoms with E-state index in [1.807, 2.05) is 13.8 Å². The number of methoxy groups -OCH3 is 1. The molecule has 0 spiro atoms. The molecule has 0 saturated heterocycles. The Morgan fingerprint density at radius 3 is 2.68 bits per heavy atom. The van der Waals surface area contributed by atoms with Gasteiger partial charge in [-0.15, -0.1) is 0 Å². The standard InChI is InChI=1S/C14H21NO4/c1-10(2)7-15-14(17)9-19-12-5-4-11(8-16)6-13(12)18-3/h4-6,10,16H,7-9H2,1-3H3,(H,15,17). The van der Waals surface area contributed by atoms with Gasteiger partial charge in [-0.2, -0.15) is 0 Å². The van der Waals surface area contributed by atoms with E-state index in [9.17, 15) is 4.79 Å². The van der Waals surface area contributed by atoms with E-state index in [1.54, 1.807) is 18.2 Å². The minimum atomic E-state index is -0.165. The van der Waals surface area contributed by atoms with E-state index in [-0.39, 0.29) is 19.1 Å². The second kappa shape index (κ2) is 7.63. The summed E-state index contributed by atoms with van der Waals surface area (Å²) in [5.74, 6) is 1.23. The fourth-order valence-electron chi connectivity index (χ4n) is 1.44. The molecule has 0 aliphatic carbocycles. The van der Waals surface area contributed by atoms with Gasteiger partial charge in [0.2, 0.25) is 0 Å². The molecule has 1 aromatic rings. The fraction of sp³-hybridized carbons (Fsp3) is 0.500. The Hall–Kier alpha value is -1.75. The molecule has 5 heteroatoms. The molecule has 106 valence electrons. The van der Waals surface area contributed by atoms with Gasteiger partial charge in [-0.05, 0) is 23.6 Å². The molecule has 0 radical (unpaired) electrons. The molecule has 0 unspecified atom stereocenters. The Bertz CT molecular complexity index is 418. The lowest BCUT2D eigenvalue weighted by Gasteiger charge is -2.12. The SMILES string of the molecule is COc1cc(CO)ccc1OCC(=O)NCC(C)C. The van der Waals surface area contributed by atoms with Crippen LogP contribution in [-0.4, -0.2) is 31.3 Å². The molecule has 2 N–H and O–H groups in total. The zero-order valence-electron chi connectivity index (χ0n) is 11.6. The van der Waals surface area contributed by atoms with Crippen molar-refractivity contribution in [3.05, 3.63) is 23.8 Å². The molecule has 1 rings (SSSR count). The maximum Gasteiger partial charge on any atom is 0.257 e. The van der Waals surface area contributed by atoms with Crippen LogP contribution in [0.3, 0.4) is 0 Å². The third-order valence-electron chi connectivity index (χ3n) is 2.48. The quantitative estimate of drug-likeness (QED) is 0.782. The van der Waals surface area contributed by atoms with Crippen LogP contribution < -0.4 is 14.8 Å². The molecule has 0 atom stereocenters. The van der Waals surface area contributed by atoms with Crippen LogP contribution in [0.4, 0.5) is 0 Å². The van der Waals surface area contributed by atoms with Gasteiger partial charge in [0.1, 0.15) is 0 Å². The lowest BCUT2D eigenvalue weighted by atomic mass is 10.2. The van der Waals surface area contributed by atoms with Gasteiger partial charge in [0.05, 0.1) is 13.7 Å². The largest absolute Gasteiger partial charge is 0.493 e. The first-order valence-electron chi connectivity index (χ1n) is 6.24. The summed E-state index contributed by atoms with van der Waals surface area (Å²) in [7, 11) is 1.52. The van der Waals surface area contributed by atoms with Crippen LogP contribution in [0.15, 0.2) is 18.2 Å². The summed E-state index contributed by atoms with van der Waals surface area (Å²) in [6.45, 7) is 4.56. The number of amides is 1. The summed E-state index contributed by atoms with van der Waals surface area (Å²) in [5.41, 5.74) is 0.730. The van der Waals surface area contributed by atoms with E-state index in [1.165, 1.54) is 7.11 Å². The lowest BCUT2D eigenvalue weighted by molar-refractivity contribution is -0.123. The van der Waals surface area contributed by atoms with Crippen LogP contribution in [0.25, 0.3) is 0 Å². The highest BCUT2D eigenvalue weighted by molar-refractivity contribution is 5.77. The van der Waals surface area contributed by atoms with Gasteiger partial charge >= 0.3 is 0 Å². The molecule has 0 bridgehead atoms. The second-order valence-corrected chi connectivity index (χ2v) is 4.63. The number of aliphatic hydroxyl groups is 1. The highest BCUT2D eigenvalue weighted by Gasteiger charge is 2.08. The summed E-state index contributed by atoms with van der Waals surface area (Å²) in [4.78, 5) is 11.5. The van der Waals surface area contributed by atoms with Crippen molar-refractivity contribution in [2.24, 2.45) is 5.92 Å². The average molecular weight is 267 g/mol. The summed E-state index contributed by atoms with van der Waals surface area (Å²) in [6, 6.07) is 5.09. The first-order valence-corrected chi connectivity index (χ1v) is 6.24. The van der Waals surface area contributed by atoms with E-state index in [0.717, 1.165) is 5.56 Å². The third-order valence-corrected chi connectivity index (χ3v) is 2.48. The van der Waals surface area contributed by atoms with E-state index < -0.39 is 0 Å². The Morgan fingerprint density at radius 2 is 2.11 bits per heavy atom. The number of hydrogen-bond acceptors (Lipinski definition) is 4. The summed E-state index contributed by atoms with van der Waals surface area (Å²) in [6.07, 6.45) is 0. The predicted molar refractivity (Wildman–Crippen MR) is 72.3 cm³/mol. The molecule has 0 aliphatic rings. The molecule has 0 aliphatic heterocycles. The molecular formula is C14H21NO4. The molecule has 1 aromatic carbocycles. The van der Waals surface area contributed by atoms with Crippen molar-refractivity contribution in [1.82, 2.24) is 5.32 Å². The minimum Gasteiger partial charge on any atom is -0.493 e. The lowest BCUT2D eigenvalue weighted by Crippen LogP contribution is -2.31. The second-order valence-electron chi connectivity index (χ2n) is 4.63. The smallest absolute Gasteiger partial charge is 0.257 e. The molecule has 0 heterocycles. The summed E-state index contributed by atoms with van der Waals surface area (Å²) >= 11 is 0. The maximum atomic E-state index is 11.5. The van der Waals surface area contributed by atoms with Crippen molar-refractivity contribution in [1.29, 1.82) is 0 Å². The van der Waals surface area contributed by atoms with E-state index in [2.05, 4.69) is 5.32 Å². The van der Waals surface area contributed by atoms with Gasteiger partial charge in [-0.3, -0.25) is 4.79 Å². The van der Waals surface area contributed by atoms with Gasteiger partial charge in [0.25, 0.3) is 5.91 Å². The van der Waals surface area contributed by atoms with Crippen LogP contribution in [0.2, 0.25) is 0 Å². The van der Waals surface area contributed by atoms with Crippen LogP contribution in [0.1, 0.15) is 19.4 Å². The Balaban J connectivity index is 2.55. The third kappa shape index (κ3) is 5.18. The van der Waals surface area contributed by atoms with Crippen LogP contribution in [0.5, 0.6) is 11.5 Å². The number of nitrogens with one attached hydrogen (secondary N) is 1. The number of hydrogen-bond donors (Lipinski definition) is 2. The van der Waals surface area contributed by atoms with Crippen molar-refractivity contribution in [2.75, 3.05) is 20.3 Å². The molecule has 0 saturated carbocycles. The van der Waals surface area contributed by atoms with Crippen molar-refractivity contribution >= 4 is 5.91 Å². The number of carbonyl (C=O) groups is 1. The zero-order valence-corrected chi connectivity index (χ0v) is 11.6. The van der Waals surface area contributed by atoms with Crippen molar-refractivity contribution in [3.8, 4) is 11.5 Å². The minimum absolute atomic E-state index is 0.0540. The number of rotatable bonds is 7. The Labute approximate surface area is 113 Å². The Morgan fingerprint density at radius 1 is 1.37 bits per heavy atom. The molecule has 0 fully saturated rings. The molecule has 19 heavy (non-hydrogen) atoms. The topological polar surface area (TPSA) is 67.8 Å². The van der Waals surface area contributed by atoms with Crippen molar-refractivity contribution in [2.45, 2.75) is 20.5 Å². The average Bonchev–Trinajstić information content (AvgIpc) is 2.42. The highest BCUT2D eigenvalue weighted by Crippen LogP contribution is 2.27. The first kappa shape index (κ1) is 15.3. The van der Waals surface area contributed by atoms with Gasteiger partial charge in [0, 0.05) is 6.54 Å². The fourth-order valence-corrected chi connectivity index (χ4v) is 1.44. The highest BCUT2D eigenvalue weighted by atomic mass is 16.5. The predicted octanol–water partition coefficient (Wildman–Crippen LogP) is 1.34. The van der Waals surface area contributed by atoms with E-state index in [0.29, 0.717) is 24.0 Å². The van der Waals surface area contributed by atoms with Crippen LogP contribution >= 0.6 is 0 Å². The van der Waals surface area contributed by atoms with Crippen molar-refractivity contribution in [3.63, 3.8) is 0 Å². The van der Waals surface area contributed by atoms with Crippen molar-refractivity contribution < 1.29 is 19.4 Å². The number of carbonyl (C=O) groups excluding carboxylic acids is 1. The van der Waals surface area contributed by atoms with Crippen LogP contribution in [-0.2, 0) is 11.4 Å². The van der Waals surface area contributed by atoms with E-state index in [4.69, 9.17) is 14.6 Å². The Kier molecular flexibility index (Phi) is 6.15. The summed E-state index contributed by atoms with van der Waals surface area (Å²) in [5, 5.41) is 11.8. The number of ether oxygens (including phenoxy) is 2. The molecule has 1 amide bonds. The monoisotopic (exact) mass is 267 g/mol. The van der Waals surface area contributed by atoms with Crippen LogP contribution in [0, 0.1) is 5.92 Å².